The van der Waals surface area contributed by atoms with Crippen LogP contribution in [0.3, 0.4) is 0 Å². The van der Waals surface area contributed by atoms with E-state index in [4.69, 9.17) is 0 Å². The van der Waals surface area contributed by atoms with Crippen LogP contribution in [0, 0.1) is 17.2 Å². The Morgan fingerprint density at radius 1 is 1.07 bits per heavy atom. The molecule has 0 aromatic heterocycles. The highest BCUT2D eigenvalue weighted by Gasteiger charge is 2.45. The molecule has 30 heavy (non-hydrogen) atoms. The fraction of sp³-hybridized carbons (Fsp3) is 0.360. The highest BCUT2D eigenvalue weighted by Crippen LogP contribution is 2.49. The largest absolute Gasteiger partial charge is 0.357 e. The first-order valence-electron chi connectivity index (χ1n) is 10.5. The lowest BCUT2D eigenvalue weighted by Gasteiger charge is -2.37. The molecule has 1 heterocycles. The number of hydrogen-bond donors (Lipinski definition) is 1. The molecule has 1 atom stereocenters. The number of amides is 1. The van der Waals surface area contributed by atoms with Crippen LogP contribution >= 0.6 is 0 Å². The van der Waals surface area contributed by atoms with Crippen LogP contribution in [0.15, 0.2) is 59.8 Å². The number of benzene rings is 2. The van der Waals surface area contributed by atoms with Gasteiger partial charge in [-0.15, -0.1) is 0 Å². The lowest BCUT2D eigenvalue weighted by Crippen LogP contribution is -2.40. The molecule has 1 saturated carbocycles. The van der Waals surface area contributed by atoms with E-state index in [1.165, 1.54) is 12.1 Å². The lowest BCUT2D eigenvalue weighted by atomic mass is 9.73. The van der Waals surface area contributed by atoms with Crippen LogP contribution in [0.2, 0.25) is 0 Å². The Kier molecular flexibility index (Phi) is 4.31. The Morgan fingerprint density at radius 3 is 2.47 bits per heavy atom. The van der Waals surface area contributed by atoms with Gasteiger partial charge in [-0.1, -0.05) is 38.1 Å². The van der Waals surface area contributed by atoms with Gasteiger partial charge < -0.3 is 5.32 Å². The minimum Gasteiger partial charge on any atom is -0.357 e. The summed E-state index contributed by atoms with van der Waals surface area (Å²) in [5.41, 5.74) is 3.68. The van der Waals surface area contributed by atoms with Crippen molar-refractivity contribution in [2.45, 2.75) is 45.6 Å². The average Bonchev–Trinajstić information content (AvgIpc) is 3.53. The highest BCUT2D eigenvalue weighted by molar-refractivity contribution is 6.07. The Labute approximate surface area is 175 Å². The Balaban J connectivity index is 1.77. The molecular weight excluding hydrogens is 379 g/mol. The van der Waals surface area contributed by atoms with Gasteiger partial charge in [0, 0.05) is 23.6 Å². The number of fused-ring (bicyclic) bond motifs is 1. The van der Waals surface area contributed by atoms with Gasteiger partial charge >= 0.3 is 0 Å². The number of Topliss-reactive ketones (excluding diaryl/α,β-unsaturated/α-hetero) is 1. The number of nitrogens with zero attached hydrogens (tertiary/aromatic N) is 1. The third kappa shape index (κ3) is 3.22. The summed E-state index contributed by atoms with van der Waals surface area (Å²) in [7, 11) is 0. The van der Waals surface area contributed by atoms with E-state index < -0.39 is 6.04 Å². The van der Waals surface area contributed by atoms with Crippen LogP contribution in [0.4, 0.5) is 15.8 Å². The van der Waals surface area contributed by atoms with Crippen molar-refractivity contribution in [3.05, 3.63) is 71.2 Å². The Hall–Kier alpha value is -2.95. The van der Waals surface area contributed by atoms with Crippen molar-refractivity contribution in [2.24, 2.45) is 11.3 Å². The molecule has 0 bridgehead atoms. The van der Waals surface area contributed by atoms with Crippen molar-refractivity contribution in [3.63, 3.8) is 0 Å². The zero-order valence-corrected chi connectivity index (χ0v) is 17.2. The second-order valence-corrected chi connectivity index (χ2v) is 9.41. The molecule has 0 radical (unpaired) electrons. The first-order chi connectivity index (χ1) is 14.3. The number of nitrogens with one attached hydrogen (secondary N) is 1. The normalized spacial score (nSPS) is 22.7. The summed E-state index contributed by atoms with van der Waals surface area (Å²) < 4.78 is 13.7. The minimum atomic E-state index is -0.562. The molecule has 5 rings (SSSR count). The number of rotatable bonds is 2. The number of carbonyl (C=O) groups is 2. The second kappa shape index (κ2) is 6.79. The van der Waals surface area contributed by atoms with Gasteiger partial charge in [0.25, 0.3) is 0 Å². The van der Waals surface area contributed by atoms with E-state index in [-0.39, 0.29) is 28.8 Å². The maximum Gasteiger partial charge on any atom is 0.231 e. The van der Waals surface area contributed by atoms with Gasteiger partial charge in [-0.2, -0.15) is 0 Å². The predicted octanol–water partition coefficient (Wildman–Crippen LogP) is 5.38. The van der Waals surface area contributed by atoms with Gasteiger partial charge in [-0.3, -0.25) is 14.5 Å². The topological polar surface area (TPSA) is 49.4 Å². The van der Waals surface area contributed by atoms with Crippen molar-refractivity contribution >= 4 is 23.1 Å². The number of carbonyl (C=O) groups excluding carboxylic acids is 2. The van der Waals surface area contributed by atoms with E-state index in [1.54, 1.807) is 17.0 Å². The van der Waals surface area contributed by atoms with Crippen LogP contribution in [-0.2, 0) is 9.59 Å². The molecule has 1 amide bonds. The lowest BCUT2D eigenvalue weighted by molar-refractivity contribution is -0.120. The number of allylic oxidation sites excluding steroid dienone is 1. The molecular formula is C25H25FN2O2. The SMILES string of the molecule is CC1(C)CC(=O)C2=C(C1)Nc1ccccc1N(C(=O)C1CC1)C2c1ccc(F)cc1. The van der Waals surface area contributed by atoms with Crippen LogP contribution in [0.25, 0.3) is 0 Å². The molecule has 1 unspecified atom stereocenters. The van der Waals surface area contributed by atoms with Crippen molar-refractivity contribution < 1.29 is 14.0 Å². The predicted molar refractivity (Wildman–Crippen MR) is 114 cm³/mol. The van der Waals surface area contributed by atoms with Gasteiger partial charge in [-0.05, 0) is 54.5 Å². The number of ketones is 1. The molecule has 0 saturated heterocycles. The van der Waals surface area contributed by atoms with Gasteiger partial charge in [0.15, 0.2) is 5.78 Å². The third-order valence-electron chi connectivity index (χ3n) is 6.25. The summed E-state index contributed by atoms with van der Waals surface area (Å²) >= 11 is 0. The average molecular weight is 404 g/mol. The standard InChI is InChI=1S/C25H25FN2O2/c1-25(2)13-19-22(21(29)14-25)23(15-9-11-17(26)12-10-15)28(24(30)16-7-8-16)20-6-4-3-5-18(20)27-19/h3-6,9-12,16,23,27H,7-8,13-14H2,1-2H3. The van der Waals surface area contributed by atoms with E-state index >= 15 is 0 Å². The number of anilines is 2. The Bertz CT molecular complexity index is 1070. The minimum absolute atomic E-state index is 0.0155. The van der Waals surface area contributed by atoms with Crippen LogP contribution < -0.4 is 10.2 Å². The smallest absolute Gasteiger partial charge is 0.231 e. The molecule has 1 fully saturated rings. The molecule has 1 aliphatic heterocycles. The molecule has 0 spiro atoms. The molecule has 1 N–H and O–H groups in total. The van der Waals surface area contributed by atoms with E-state index in [2.05, 4.69) is 19.2 Å². The van der Waals surface area contributed by atoms with E-state index in [1.807, 2.05) is 24.3 Å². The van der Waals surface area contributed by atoms with Gasteiger partial charge in [-0.25, -0.2) is 4.39 Å². The summed E-state index contributed by atoms with van der Waals surface area (Å²) in [4.78, 5) is 28.8. The summed E-state index contributed by atoms with van der Waals surface area (Å²) in [6.07, 6.45) is 2.88. The summed E-state index contributed by atoms with van der Waals surface area (Å²) in [5.74, 6) is -0.274. The van der Waals surface area contributed by atoms with Crippen molar-refractivity contribution in [1.82, 2.24) is 0 Å². The molecule has 2 aliphatic carbocycles. The summed E-state index contributed by atoms with van der Waals surface area (Å²) in [6, 6.07) is 13.3. The highest BCUT2D eigenvalue weighted by atomic mass is 19.1. The van der Waals surface area contributed by atoms with E-state index in [9.17, 15) is 14.0 Å². The zero-order chi connectivity index (χ0) is 21.0. The molecule has 3 aliphatic rings. The molecule has 4 nitrogen and oxygen atoms in total. The summed E-state index contributed by atoms with van der Waals surface area (Å²) in [6.45, 7) is 4.18. The van der Waals surface area contributed by atoms with Gasteiger partial charge in [0.05, 0.1) is 17.4 Å². The van der Waals surface area contributed by atoms with Gasteiger partial charge in [0.2, 0.25) is 5.91 Å². The quantitative estimate of drug-likeness (QED) is 0.731. The van der Waals surface area contributed by atoms with Crippen molar-refractivity contribution in [2.75, 3.05) is 10.2 Å². The summed E-state index contributed by atoms with van der Waals surface area (Å²) in [5, 5.41) is 3.49. The zero-order valence-electron chi connectivity index (χ0n) is 17.2. The molecule has 2 aromatic carbocycles. The number of para-hydroxylation sites is 2. The first kappa shape index (κ1) is 19.0. The second-order valence-electron chi connectivity index (χ2n) is 9.41. The molecule has 154 valence electrons. The number of hydrogen-bond acceptors (Lipinski definition) is 3. The van der Waals surface area contributed by atoms with Crippen LogP contribution in [-0.4, -0.2) is 11.7 Å². The van der Waals surface area contributed by atoms with Crippen molar-refractivity contribution in [1.29, 1.82) is 0 Å². The molecule has 5 heteroatoms. The third-order valence-corrected chi connectivity index (χ3v) is 6.25. The maximum absolute atomic E-state index is 13.7. The van der Waals surface area contributed by atoms with E-state index in [0.29, 0.717) is 18.4 Å². The van der Waals surface area contributed by atoms with Crippen LogP contribution in [0.1, 0.15) is 51.1 Å². The van der Waals surface area contributed by atoms with Crippen LogP contribution in [0.5, 0.6) is 0 Å². The fourth-order valence-electron chi connectivity index (χ4n) is 4.72. The van der Waals surface area contributed by atoms with E-state index in [0.717, 1.165) is 35.5 Å². The Morgan fingerprint density at radius 2 is 1.77 bits per heavy atom. The first-order valence-corrected chi connectivity index (χ1v) is 10.5. The van der Waals surface area contributed by atoms with Crippen molar-refractivity contribution in [3.8, 4) is 0 Å². The molecule has 2 aromatic rings. The fourth-order valence-corrected chi connectivity index (χ4v) is 4.72. The maximum atomic E-state index is 13.7. The van der Waals surface area contributed by atoms with Gasteiger partial charge in [0.1, 0.15) is 5.82 Å². The monoisotopic (exact) mass is 404 g/mol. The number of halogens is 1.